The van der Waals surface area contributed by atoms with Crippen molar-refractivity contribution in [2.75, 3.05) is 49.6 Å². The quantitative estimate of drug-likeness (QED) is 0.599. The van der Waals surface area contributed by atoms with Gasteiger partial charge < -0.3 is 20.3 Å². The molecule has 0 radical (unpaired) electrons. The van der Waals surface area contributed by atoms with Gasteiger partial charge in [0.2, 0.25) is 10.0 Å². The van der Waals surface area contributed by atoms with E-state index in [9.17, 15) is 8.42 Å². The molecule has 0 amide bonds. The predicted molar refractivity (Wildman–Crippen MR) is 128 cm³/mol. The topological polar surface area (TPSA) is 73.9 Å². The molecular weight excluding hydrogens is 432 g/mol. The number of morpholine rings is 1. The van der Waals surface area contributed by atoms with E-state index in [0.717, 1.165) is 30.4 Å². The maximum absolute atomic E-state index is 13.1. The van der Waals surface area contributed by atoms with Crippen LogP contribution in [0.4, 0.5) is 11.4 Å². The fourth-order valence-electron chi connectivity index (χ4n) is 5.32. The number of fused-ring (bicyclic) bond motifs is 2. The lowest BCUT2D eigenvalue weighted by molar-refractivity contribution is 0.123. The molecule has 172 valence electrons. The van der Waals surface area contributed by atoms with E-state index < -0.39 is 10.0 Å². The lowest BCUT2D eigenvalue weighted by atomic mass is 9.95. The molecule has 0 aromatic heterocycles. The first-order valence-corrected chi connectivity index (χ1v) is 13.3. The average molecular weight is 467 g/mol. The van der Waals surface area contributed by atoms with Gasteiger partial charge in [0.1, 0.15) is 0 Å². The minimum absolute atomic E-state index is 0.290. The Labute approximate surface area is 191 Å². The molecule has 1 aliphatic heterocycles. The van der Waals surface area contributed by atoms with Gasteiger partial charge in [0.15, 0.2) is 5.11 Å². The maximum Gasteiger partial charge on any atom is 0.243 e. The molecule has 31 heavy (non-hydrogen) atoms. The molecule has 3 aliphatic rings. The van der Waals surface area contributed by atoms with Crippen molar-refractivity contribution in [3.8, 4) is 0 Å². The molecule has 2 bridgehead atoms. The van der Waals surface area contributed by atoms with Gasteiger partial charge in [-0.25, -0.2) is 8.42 Å². The molecule has 2 aliphatic carbocycles. The van der Waals surface area contributed by atoms with Crippen molar-refractivity contribution < 1.29 is 13.2 Å². The van der Waals surface area contributed by atoms with Crippen LogP contribution in [0.25, 0.3) is 0 Å². The number of nitrogens with zero attached hydrogens (tertiary/aromatic N) is 2. The fraction of sp³-hybridized carbons (Fsp3) is 0.682. The Kier molecular flexibility index (Phi) is 7.05. The summed E-state index contributed by atoms with van der Waals surface area (Å²) in [6, 6.07) is 5.75. The maximum atomic E-state index is 13.1. The van der Waals surface area contributed by atoms with E-state index in [-0.39, 0.29) is 0 Å². The number of rotatable bonds is 7. The Morgan fingerprint density at radius 2 is 1.94 bits per heavy atom. The Morgan fingerprint density at radius 1 is 1.19 bits per heavy atom. The van der Waals surface area contributed by atoms with Gasteiger partial charge in [-0.2, -0.15) is 4.31 Å². The molecular formula is C22H34N4O3S2. The van der Waals surface area contributed by atoms with Crippen molar-refractivity contribution in [3.05, 3.63) is 18.2 Å². The third kappa shape index (κ3) is 4.84. The number of anilines is 2. The van der Waals surface area contributed by atoms with Crippen molar-refractivity contribution >= 4 is 38.7 Å². The lowest BCUT2D eigenvalue weighted by Crippen LogP contribution is -2.41. The molecule has 9 heteroatoms. The van der Waals surface area contributed by atoms with E-state index >= 15 is 0 Å². The number of nitrogens with one attached hydrogen (secondary N) is 2. The number of hydrogen-bond donors (Lipinski definition) is 2. The summed E-state index contributed by atoms with van der Waals surface area (Å²) in [5.41, 5.74) is 1.69. The molecule has 1 saturated heterocycles. The molecule has 2 saturated carbocycles. The summed E-state index contributed by atoms with van der Waals surface area (Å²) in [6.45, 7) is 7.45. The summed E-state index contributed by atoms with van der Waals surface area (Å²) < 4.78 is 33.2. The SMILES string of the molecule is CCN(CC)S(=O)(=O)c1ccc(N2CCOCC2)c(NC(=S)NC2CC3CCC2C3)c1. The summed E-state index contributed by atoms with van der Waals surface area (Å²) in [5.74, 6) is 1.54. The second-order valence-electron chi connectivity index (χ2n) is 8.75. The average Bonchev–Trinajstić information content (AvgIpc) is 3.38. The van der Waals surface area contributed by atoms with Gasteiger partial charge in [-0.1, -0.05) is 20.3 Å². The second-order valence-corrected chi connectivity index (χ2v) is 11.1. The first kappa shape index (κ1) is 22.8. The van der Waals surface area contributed by atoms with Gasteiger partial charge in [0.05, 0.1) is 29.5 Å². The zero-order valence-electron chi connectivity index (χ0n) is 18.5. The predicted octanol–water partition coefficient (Wildman–Crippen LogP) is 3.03. The van der Waals surface area contributed by atoms with Crippen LogP contribution in [0.3, 0.4) is 0 Å². The second kappa shape index (κ2) is 9.60. The highest BCUT2D eigenvalue weighted by atomic mass is 32.2. The van der Waals surface area contributed by atoms with Crippen LogP contribution >= 0.6 is 12.2 Å². The number of hydrogen-bond acceptors (Lipinski definition) is 5. The molecule has 0 spiro atoms. The normalized spacial score (nSPS) is 25.8. The van der Waals surface area contributed by atoms with E-state index in [1.807, 2.05) is 19.9 Å². The van der Waals surface area contributed by atoms with Crippen LogP contribution in [0.1, 0.15) is 39.5 Å². The third-order valence-corrected chi connectivity index (χ3v) is 9.23. The zero-order chi connectivity index (χ0) is 22.0. The van der Waals surface area contributed by atoms with E-state index in [4.69, 9.17) is 17.0 Å². The summed E-state index contributed by atoms with van der Waals surface area (Å²) in [7, 11) is -3.55. The Morgan fingerprint density at radius 3 is 2.55 bits per heavy atom. The van der Waals surface area contributed by atoms with E-state index in [1.165, 1.54) is 30.0 Å². The highest BCUT2D eigenvalue weighted by molar-refractivity contribution is 7.89. The summed E-state index contributed by atoms with van der Waals surface area (Å²) in [5, 5.41) is 7.42. The number of thiocarbonyl (C=S) groups is 1. The van der Waals surface area contributed by atoms with Gasteiger partial charge in [-0.05, 0) is 61.5 Å². The van der Waals surface area contributed by atoms with Gasteiger partial charge in [-0.15, -0.1) is 0 Å². The van der Waals surface area contributed by atoms with E-state index in [0.29, 0.717) is 48.3 Å². The Balaban J connectivity index is 1.58. The first-order chi connectivity index (χ1) is 14.9. The van der Waals surface area contributed by atoms with E-state index in [2.05, 4.69) is 15.5 Å². The zero-order valence-corrected chi connectivity index (χ0v) is 20.1. The smallest absolute Gasteiger partial charge is 0.243 e. The van der Waals surface area contributed by atoms with Crippen LogP contribution in [0.5, 0.6) is 0 Å². The van der Waals surface area contributed by atoms with Crippen LogP contribution < -0.4 is 15.5 Å². The van der Waals surface area contributed by atoms with Crippen LogP contribution in [-0.4, -0.2) is 63.3 Å². The number of benzene rings is 1. The number of ether oxygens (including phenoxy) is 1. The summed E-state index contributed by atoms with van der Waals surface area (Å²) in [6.07, 6.45) is 5.10. The van der Waals surface area contributed by atoms with E-state index in [1.54, 1.807) is 12.1 Å². The minimum atomic E-state index is -3.55. The Hall–Kier alpha value is -1.42. The standard InChI is InChI=1S/C22H34N4O3S2/c1-3-26(4-2)31(27,28)18-7-8-21(25-9-11-29-12-10-25)20(15-18)24-22(30)23-19-14-16-5-6-17(19)13-16/h7-8,15-17,19H,3-6,9-14H2,1-2H3,(H2,23,24,30). The molecule has 2 N–H and O–H groups in total. The lowest BCUT2D eigenvalue weighted by Gasteiger charge is -2.32. The third-order valence-electron chi connectivity index (χ3n) is 6.97. The van der Waals surface area contributed by atoms with Crippen molar-refractivity contribution in [2.24, 2.45) is 11.8 Å². The fourth-order valence-corrected chi connectivity index (χ4v) is 7.06. The molecule has 7 nitrogen and oxygen atoms in total. The summed E-state index contributed by atoms with van der Waals surface area (Å²) >= 11 is 5.66. The highest BCUT2D eigenvalue weighted by Crippen LogP contribution is 2.44. The van der Waals surface area contributed by atoms with Crippen molar-refractivity contribution in [2.45, 2.75) is 50.5 Å². The van der Waals surface area contributed by atoms with Crippen LogP contribution in [0.15, 0.2) is 23.1 Å². The Bertz CT molecular complexity index is 898. The highest BCUT2D eigenvalue weighted by Gasteiger charge is 2.39. The molecule has 3 atom stereocenters. The number of sulfonamides is 1. The summed E-state index contributed by atoms with van der Waals surface area (Å²) in [4.78, 5) is 2.51. The van der Waals surface area contributed by atoms with Crippen LogP contribution in [0, 0.1) is 11.8 Å². The van der Waals surface area contributed by atoms with Crippen LogP contribution in [-0.2, 0) is 14.8 Å². The minimum Gasteiger partial charge on any atom is -0.378 e. The molecule has 1 aromatic carbocycles. The monoisotopic (exact) mass is 466 g/mol. The molecule has 1 aromatic rings. The van der Waals surface area contributed by atoms with Gasteiger partial charge in [0, 0.05) is 32.2 Å². The van der Waals surface area contributed by atoms with Crippen LogP contribution in [0.2, 0.25) is 0 Å². The van der Waals surface area contributed by atoms with Crippen molar-refractivity contribution in [3.63, 3.8) is 0 Å². The van der Waals surface area contributed by atoms with Crippen molar-refractivity contribution in [1.29, 1.82) is 0 Å². The molecule has 1 heterocycles. The van der Waals surface area contributed by atoms with Gasteiger partial charge in [-0.3, -0.25) is 0 Å². The van der Waals surface area contributed by atoms with Gasteiger partial charge in [0.25, 0.3) is 0 Å². The molecule has 4 rings (SSSR count). The molecule has 3 unspecified atom stereocenters. The largest absolute Gasteiger partial charge is 0.378 e. The van der Waals surface area contributed by atoms with Crippen molar-refractivity contribution in [1.82, 2.24) is 9.62 Å². The molecule has 3 fully saturated rings. The van der Waals surface area contributed by atoms with Gasteiger partial charge >= 0.3 is 0 Å². The first-order valence-electron chi connectivity index (χ1n) is 11.5.